The summed E-state index contributed by atoms with van der Waals surface area (Å²) in [6, 6.07) is 11.8. The van der Waals surface area contributed by atoms with Crippen molar-refractivity contribution in [2.24, 2.45) is 0 Å². The topological polar surface area (TPSA) is 88.5 Å². The van der Waals surface area contributed by atoms with E-state index in [4.69, 9.17) is 14.2 Å². The van der Waals surface area contributed by atoms with Crippen LogP contribution in [-0.4, -0.2) is 69.3 Å². The third-order valence-electron chi connectivity index (χ3n) is 5.62. The summed E-state index contributed by atoms with van der Waals surface area (Å²) in [7, 11) is 5.40. The Morgan fingerprint density at radius 3 is 2.44 bits per heavy atom. The van der Waals surface area contributed by atoms with Crippen LogP contribution in [0.1, 0.15) is 17.2 Å². The first-order chi connectivity index (χ1) is 15.4. The van der Waals surface area contributed by atoms with E-state index in [0.29, 0.717) is 30.3 Å². The fourth-order valence-corrected chi connectivity index (χ4v) is 3.95. The van der Waals surface area contributed by atoms with Gasteiger partial charge in [0, 0.05) is 39.0 Å². The molecule has 4 rings (SSSR count). The van der Waals surface area contributed by atoms with Gasteiger partial charge in [-0.25, -0.2) is 0 Å². The van der Waals surface area contributed by atoms with Gasteiger partial charge < -0.3 is 29.1 Å². The van der Waals surface area contributed by atoms with Crippen LogP contribution >= 0.6 is 0 Å². The zero-order chi connectivity index (χ0) is 22.8. The van der Waals surface area contributed by atoms with Crippen LogP contribution in [0.4, 0.5) is 5.69 Å². The largest absolute Gasteiger partial charge is 0.507 e. The van der Waals surface area contributed by atoms with E-state index in [0.717, 1.165) is 11.3 Å². The molecule has 0 radical (unpaired) electrons. The van der Waals surface area contributed by atoms with Crippen molar-refractivity contribution in [2.75, 3.05) is 52.5 Å². The molecule has 0 spiro atoms. The molecule has 32 heavy (non-hydrogen) atoms. The van der Waals surface area contributed by atoms with Crippen molar-refractivity contribution in [3.05, 3.63) is 59.2 Å². The molecule has 1 saturated heterocycles. The molecule has 2 heterocycles. The minimum Gasteiger partial charge on any atom is -0.507 e. The number of benzene rings is 2. The quantitative estimate of drug-likeness (QED) is 0.421. The summed E-state index contributed by atoms with van der Waals surface area (Å²) in [6.45, 7) is 1.34. The van der Waals surface area contributed by atoms with E-state index in [9.17, 15) is 14.7 Å². The van der Waals surface area contributed by atoms with Gasteiger partial charge in [0.1, 0.15) is 19.0 Å². The number of aliphatic hydroxyl groups is 1. The predicted octanol–water partition coefficient (Wildman–Crippen LogP) is 2.59. The Labute approximate surface area is 186 Å². The fraction of sp³-hybridized carbons (Fsp3) is 0.333. The average Bonchev–Trinajstić information content (AvgIpc) is 3.06. The van der Waals surface area contributed by atoms with Crippen molar-refractivity contribution in [1.82, 2.24) is 4.90 Å². The number of hydrogen-bond acceptors (Lipinski definition) is 7. The molecular weight excluding hydrogens is 412 g/mol. The predicted molar refractivity (Wildman–Crippen MR) is 119 cm³/mol. The van der Waals surface area contributed by atoms with Crippen LogP contribution in [0.2, 0.25) is 0 Å². The molecule has 8 nitrogen and oxygen atoms in total. The highest BCUT2D eigenvalue weighted by molar-refractivity contribution is 6.46. The second-order valence-corrected chi connectivity index (χ2v) is 7.83. The van der Waals surface area contributed by atoms with Crippen molar-refractivity contribution in [1.29, 1.82) is 0 Å². The van der Waals surface area contributed by atoms with Crippen LogP contribution in [0.25, 0.3) is 5.76 Å². The molecule has 0 saturated carbocycles. The number of Topliss-reactive ketones (excluding diaryl/α,β-unsaturated/α-hetero) is 1. The van der Waals surface area contributed by atoms with Gasteiger partial charge >= 0.3 is 0 Å². The second kappa shape index (κ2) is 8.92. The number of aliphatic hydroxyl groups excluding tert-OH is 1. The Morgan fingerprint density at radius 2 is 1.78 bits per heavy atom. The number of rotatable bonds is 6. The molecule has 2 aromatic carbocycles. The van der Waals surface area contributed by atoms with Gasteiger partial charge in [-0.2, -0.15) is 0 Å². The van der Waals surface area contributed by atoms with Crippen LogP contribution in [0.3, 0.4) is 0 Å². The normalized spacial score (nSPS) is 19.3. The van der Waals surface area contributed by atoms with Crippen LogP contribution in [0.15, 0.2) is 48.0 Å². The highest BCUT2D eigenvalue weighted by atomic mass is 16.6. The monoisotopic (exact) mass is 438 g/mol. The Bertz CT molecular complexity index is 1060. The zero-order valence-corrected chi connectivity index (χ0v) is 18.3. The Morgan fingerprint density at radius 1 is 1.09 bits per heavy atom. The number of fused-ring (bicyclic) bond motifs is 1. The van der Waals surface area contributed by atoms with Gasteiger partial charge in [-0.05, 0) is 35.9 Å². The van der Waals surface area contributed by atoms with Crippen LogP contribution in [-0.2, 0) is 14.3 Å². The maximum absolute atomic E-state index is 13.0. The number of amides is 1. The lowest BCUT2D eigenvalue weighted by Gasteiger charge is -2.25. The lowest BCUT2D eigenvalue weighted by atomic mass is 9.95. The van der Waals surface area contributed by atoms with Gasteiger partial charge in [0.15, 0.2) is 11.5 Å². The van der Waals surface area contributed by atoms with Gasteiger partial charge in [-0.15, -0.1) is 0 Å². The number of carbonyl (C=O) groups is 2. The summed E-state index contributed by atoms with van der Waals surface area (Å²) >= 11 is 0. The van der Waals surface area contributed by atoms with E-state index in [1.165, 1.54) is 12.0 Å². The number of carbonyl (C=O) groups excluding carboxylic acids is 2. The van der Waals surface area contributed by atoms with Gasteiger partial charge in [0.25, 0.3) is 11.7 Å². The SMILES string of the molecule is COCCN1C(=O)C(=O)/C(=C(\O)c2ccc3c(c2)OCCO3)C1c1ccc(N(C)C)cc1. The first kappa shape index (κ1) is 21.7. The standard InChI is InChI=1S/C24H26N2O6/c1-25(2)17-7-4-15(5-8-17)21-20(23(28)24(29)26(21)10-11-30-3)22(27)16-6-9-18-19(14-16)32-13-12-31-18/h4-9,14,21,27H,10-13H2,1-3H3/b22-20-. The van der Waals surface area contributed by atoms with E-state index in [1.54, 1.807) is 18.2 Å². The van der Waals surface area contributed by atoms with Crippen LogP contribution in [0.5, 0.6) is 11.5 Å². The average molecular weight is 438 g/mol. The summed E-state index contributed by atoms with van der Waals surface area (Å²) < 4.78 is 16.3. The fourth-order valence-electron chi connectivity index (χ4n) is 3.95. The molecule has 1 fully saturated rings. The van der Waals surface area contributed by atoms with Crippen molar-refractivity contribution >= 4 is 23.1 Å². The van der Waals surface area contributed by atoms with Crippen molar-refractivity contribution < 1.29 is 28.9 Å². The summed E-state index contributed by atoms with van der Waals surface area (Å²) in [5.74, 6) is -0.579. The second-order valence-electron chi connectivity index (χ2n) is 7.83. The number of ketones is 1. The first-order valence-corrected chi connectivity index (χ1v) is 10.4. The number of ether oxygens (including phenoxy) is 3. The van der Waals surface area contributed by atoms with E-state index >= 15 is 0 Å². The minimum absolute atomic E-state index is 0.0420. The van der Waals surface area contributed by atoms with Crippen LogP contribution < -0.4 is 14.4 Å². The molecule has 0 aliphatic carbocycles. The zero-order valence-electron chi connectivity index (χ0n) is 18.3. The number of likely N-dealkylation sites (tertiary alicyclic amines) is 1. The Kier molecular flexibility index (Phi) is 6.05. The molecule has 2 aliphatic heterocycles. The molecule has 2 aromatic rings. The van der Waals surface area contributed by atoms with Crippen molar-refractivity contribution in [2.45, 2.75) is 6.04 Å². The molecule has 0 aromatic heterocycles. The van der Waals surface area contributed by atoms with Crippen LogP contribution in [0, 0.1) is 0 Å². The lowest BCUT2D eigenvalue weighted by molar-refractivity contribution is -0.140. The Hall–Kier alpha value is -3.52. The van der Waals surface area contributed by atoms with Crippen molar-refractivity contribution in [3.8, 4) is 11.5 Å². The van der Waals surface area contributed by atoms with E-state index < -0.39 is 17.7 Å². The van der Waals surface area contributed by atoms with E-state index in [2.05, 4.69) is 0 Å². The molecule has 168 valence electrons. The molecule has 0 bridgehead atoms. The molecular formula is C24H26N2O6. The van der Waals surface area contributed by atoms with Gasteiger partial charge in [0.05, 0.1) is 18.2 Å². The summed E-state index contributed by atoms with van der Waals surface area (Å²) in [6.07, 6.45) is 0. The molecule has 1 N–H and O–H groups in total. The number of methoxy groups -OCH3 is 1. The van der Waals surface area contributed by atoms with E-state index in [1.807, 2.05) is 43.3 Å². The molecule has 1 atom stereocenters. The summed E-state index contributed by atoms with van der Waals surface area (Å²) in [5.41, 5.74) is 2.13. The maximum atomic E-state index is 13.0. The number of anilines is 1. The first-order valence-electron chi connectivity index (χ1n) is 10.4. The number of nitrogens with zero attached hydrogens (tertiary/aromatic N) is 2. The maximum Gasteiger partial charge on any atom is 0.295 e. The third-order valence-corrected chi connectivity index (χ3v) is 5.62. The van der Waals surface area contributed by atoms with Gasteiger partial charge in [0.2, 0.25) is 0 Å². The lowest BCUT2D eigenvalue weighted by Crippen LogP contribution is -2.32. The van der Waals surface area contributed by atoms with Gasteiger partial charge in [-0.3, -0.25) is 9.59 Å². The van der Waals surface area contributed by atoms with Crippen molar-refractivity contribution in [3.63, 3.8) is 0 Å². The smallest absolute Gasteiger partial charge is 0.295 e. The summed E-state index contributed by atoms with van der Waals surface area (Å²) in [4.78, 5) is 29.3. The number of hydrogen-bond donors (Lipinski definition) is 1. The minimum atomic E-state index is -0.727. The molecule has 2 aliphatic rings. The highest BCUT2D eigenvalue weighted by Gasteiger charge is 2.46. The van der Waals surface area contributed by atoms with E-state index in [-0.39, 0.29) is 24.5 Å². The highest BCUT2D eigenvalue weighted by Crippen LogP contribution is 2.41. The molecule has 8 heteroatoms. The Balaban J connectivity index is 1.81. The van der Waals surface area contributed by atoms with Gasteiger partial charge in [-0.1, -0.05) is 12.1 Å². The third kappa shape index (κ3) is 3.89. The summed E-state index contributed by atoms with van der Waals surface area (Å²) in [5, 5.41) is 11.2. The molecule has 1 amide bonds. The molecule has 1 unspecified atom stereocenters.